The molecule has 3 aromatic rings. The normalized spacial score (nSPS) is 28.4. The highest BCUT2D eigenvalue weighted by atomic mass is 79.9. The van der Waals surface area contributed by atoms with Gasteiger partial charge in [-0.25, -0.2) is 0 Å². The molecule has 3 atom stereocenters. The standard InChI is InChI=1S/C23H14BrClO2/c24-23-20(19(26)17-8-4-5-9-18(17)21(23)27)22(23,14-6-2-1-3-7-14)15-10-12-16(25)13-11-15/h1-13,20H/t20-,22+,23-/m0/s1. The Bertz CT molecular complexity index is 1090. The van der Waals surface area contributed by atoms with Crippen LogP contribution < -0.4 is 0 Å². The largest absolute Gasteiger partial charge is 0.294 e. The van der Waals surface area contributed by atoms with E-state index in [9.17, 15) is 9.59 Å². The van der Waals surface area contributed by atoms with E-state index in [0.717, 1.165) is 11.1 Å². The molecule has 0 N–H and O–H groups in total. The van der Waals surface area contributed by atoms with Gasteiger partial charge in [-0.15, -0.1) is 0 Å². The number of hydrogen-bond donors (Lipinski definition) is 0. The van der Waals surface area contributed by atoms with Crippen LogP contribution in [-0.4, -0.2) is 15.9 Å². The second kappa shape index (κ2) is 5.63. The van der Waals surface area contributed by atoms with Gasteiger partial charge in [-0.2, -0.15) is 0 Å². The molecule has 4 heteroatoms. The zero-order valence-electron chi connectivity index (χ0n) is 14.2. The summed E-state index contributed by atoms with van der Waals surface area (Å²) in [4.78, 5) is 27.0. The van der Waals surface area contributed by atoms with Gasteiger partial charge < -0.3 is 0 Å². The number of fused-ring (bicyclic) bond motifs is 2. The predicted octanol–water partition coefficient (Wildman–Crippen LogP) is 5.47. The lowest BCUT2D eigenvalue weighted by Crippen LogP contribution is -2.31. The molecule has 132 valence electrons. The smallest absolute Gasteiger partial charge is 0.182 e. The van der Waals surface area contributed by atoms with E-state index in [4.69, 9.17) is 11.6 Å². The number of carbonyl (C=O) groups excluding carboxylic acids is 2. The number of benzene rings is 3. The lowest BCUT2D eigenvalue weighted by Gasteiger charge is -2.22. The number of ketones is 2. The van der Waals surface area contributed by atoms with E-state index >= 15 is 0 Å². The topological polar surface area (TPSA) is 34.1 Å². The maximum absolute atomic E-state index is 13.5. The highest BCUT2D eigenvalue weighted by molar-refractivity contribution is 9.10. The van der Waals surface area contributed by atoms with E-state index in [2.05, 4.69) is 15.9 Å². The second-order valence-corrected chi connectivity index (χ2v) is 8.75. The Morgan fingerprint density at radius 1 is 0.741 bits per heavy atom. The third kappa shape index (κ3) is 1.96. The zero-order chi connectivity index (χ0) is 18.8. The molecule has 1 fully saturated rings. The first-order valence-corrected chi connectivity index (χ1v) is 9.88. The maximum atomic E-state index is 13.5. The first-order valence-electron chi connectivity index (χ1n) is 8.71. The summed E-state index contributed by atoms with van der Waals surface area (Å²) in [7, 11) is 0. The molecule has 0 bridgehead atoms. The van der Waals surface area contributed by atoms with Crippen LogP contribution in [0.1, 0.15) is 31.8 Å². The van der Waals surface area contributed by atoms with Gasteiger partial charge in [0.1, 0.15) is 4.32 Å². The molecule has 0 heterocycles. The Hall–Kier alpha value is -2.23. The van der Waals surface area contributed by atoms with Crippen LogP contribution in [0.2, 0.25) is 5.02 Å². The Kier molecular flexibility index (Phi) is 3.53. The van der Waals surface area contributed by atoms with Crippen molar-refractivity contribution in [3.8, 4) is 0 Å². The minimum Gasteiger partial charge on any atom is -0.294 e. The third-order valence-electron chi connectivity index (χ3n) is 5.88. The molecule has 0 saturated heterocycles. The van der Waals surface area contributed by atoms with Crippen molar-refractivity contribution in [3.05, 3.63) is 106 Å². The van der Waals surface area contributed by atoms with Gasteiger partial charge in [0.15, 0.2) is 11.6 Å². The molecule has 0 aromatic heterocycles. The van der Waals surface area contributed by atoms with Crippen LogP contribution >= 0.6 is 27.5 Å². The minimum atomic E-state index is -0.985. The van der Waals surface area contributed by atoms with E-state index in [0.29, 0.717) is 16.1 Å². The van der Waals surface area contributed by atoms with E-state index in [1.165, 1.54) is 0 Å². The van der Waals surface area contributed by atoms with Gasteiger partial charge in [0.05, 0.1) is 11.3 Å². The zero-order valence-corrected chi connectivity index (χ0v) is 16.5. The van der Waals surface area contributed by atoms with Crippen molar-refractivity contribution in [2.75, 3.05) is 0 Å². The molecular formula is C23H14BrClO2. The molecule has 2 nitrogen and oxygen atoms in total. The molecule has 0 radical (unpaired) electrons. The van der Waals surface area contributed by atoms with Gasteiger partial charge in [0.2, 0.25) is 0 Å². The van der Waals surface area contributed by atoms with Crippen LogP contribution in [0.15, 0.2) is 78.9 Å². The van der Waals surface area contributed by atoms with Gasteiger partial charge in [0.25, 0.3) is 0 Å². The molecule has 5 rings (SSSR count). The molecule has 27 heavy (non-hydrogen) atoms. The Balaban J connectivity index is 1.81. The monoisotopic (exact) mass is 436 g/mol. The third-order valence-corrected chi connectivity index (χ3v) is 7.58. The lowest BCUT2D eigenvalue weighted by atomic mass is 9.83. The van der Waals surface area contributed by atoms with Crippen LogP contribution in [0.3, 0.4) is 0 Å². The number of alkyl halides is 1. The van der Waals surface area contributed by atoms with Gasteiger partial charge in [0, 0.05) is 16.1 Å². The van der Waals surface area contributed by atoms with Crippen molar-refractivity contribution in [1.29, 1.82) is 0 Å². The summed E-state index contributed by atoms with van der Waals surface area (Å²) in [5.74, 6) is -0.529. The van der Waals surface area contributed by atoms with Crippen molar-refractivity contribution in [2.45, 2.75) is 9.74 Å². The van der Waals surface area contributed by atoms with Crippen LogP contribution in [0.25, 0.3) is 0 Å². The highest BCUT2D eigenvalue weighted by Gasteiger charge is 2.84. The van der Waals surface area contributed by atoms with Crippen LogP contribution in [0, 0.1) is 5.92 Å². The summed E-state index contributed by atoms with van der Waals surface area (Å²) in [6.07, 6.45) is 0. The van der Waals surface area contributed by atoms with Gasteiger partial charge in [-0.1, -0.05) is 94.3 Å². The Labute approximate surface area is 170 Å². The summed E-state index contributed by atoms with van der Waals surface area (Å²) in [6.45, 7) is 0. The van der Waals surface area contributed by atoms with E-state index < -0.39 is 15.7 Å². The predicted molar refractivity (Wildman–Crippen MR) is 109 cm³/mol. The molecule has 3 aromatic carbocycles. The summed E-state index contributed by atoms with van der Waals surface area (Å²) >= 11 is 9.85. The number of rotatable bonds is 2. The average molecular weight is 438 g/mol. The SMILES string of the molecule is O=C1c2ccccc2C(=O)[C@@]2(Br)[C@@H]1[C@@]2(c1ccccc1)c1ccc(Cl)cc1. The first-order chi connectivity index (χ1) is 13.0. The van der Waals surface area contributed by atoms with Crippen LogP contribution in [-0.2, 0) is 5.41 Å². The van der Waals surface area contributed by atoms with Crippen LogP contribution in [0.4, 0.5) is 0 Å². The molecule has 2 aliphatic rings. The van der Waals surface area contributed by atoms with E-state index in [1.807, 2.05) is 54.6 Å². The molecule has 0 spiro atoms. The second-order valence-electron chi connectivity index (χ2n) is 7.06. The van der Waals surface area contributed by atoms with Crippen molar-refractivity contribution in [2.24, 2.45) is 5.92 Å². The number of hydrogen-bond acceptors (Lipinski definition) is 2. The van der Waals surface area contributed by atoms with Gasteiger partial charge >= 0.3 is 0 Å². The van der Waals surface area contributed by atoms with Gasteiger partial charge in [-0.05, 0) is 23.3 Å². The average Bonchev–Trinajstić information content (AvgIpc) is 3.30. The fraction of sp³-hybridized carbons (Fsp3) is 0.130. The maximum Gasteiger partial charge on any atom is 0.182 e. The van der Waals surface area contributed by atoms with Crippen molar-refractivity contribution in [1.82, 2.24) is 0 Å². The molecule has 1 saturated carbocycles. The first kappa shape index (κ1) is 16.9. The number of carbonyl (C=O) groups is 2. The molecule has 2 aliphatic carbocycles. The Morgan fingerprint density at radius 2 is 1.30 bits per heavy atom. The van der Waals surface area contributed by atoms with Crippen molar-refractivity contribution >= 4 is 39.1 Å². The summed E-state index contributed by atoms with van der Waals surface area (Å²) in [6, 6.07) is 24.3. The number of Topliss-reactive ketones (excluding diaryl/α,β-unsaturated/α-hetero) is 2. The molecule has 0 amide bonds. The molecule has 0 unspecified atom stereocenters. The van der Waals surface area contributed by atoms with Crippen molar-refractivity contribution in [3.63, 3.8) is 0 Å². The van der Waals surface area contributed by atoms with Crippen LogP contribution in [0.5, 0.6) is 0 Å². The van der Waals surface area contributed by atoms with E-state index in [1.54, 1.807) is 24.3 Å². The Morgan fingerprint density at radius 3 is 1.96 bits per heavy atom. The van der Waals surface area contributed by atoms with Crippen molar-refractivity contribution < 1.29 is 9.59 Å². The summed E-state index contributed by atoms with van der Waals surface area (Å²) in [5.41, 5.74) is 2.10. The number of halogens is 2. The molecule has 0 aliphatic heterocycles. The molecular weight excluding hydrogens is 424 g/mol. The quantitative estimate of drug-likeness (QED) is 0.498. The summed E-state index contributed by atoms with van der Waals surface area (Å²) < 4.78 is -0.985. The fourth-order valence-electron chi connectivity index (χ4n) is 4.71. The fourth-order valence-corrected chi connectivity index (χ4v) is 6.17. The minimum absolute atomic E-state index is 0.000813. The lowest BCUT2D eigenvalue weighted by molar-refractivity contribution is 0.0893. The van der Waals surface area contributed by atoms with Gasteiger partial charge in [-0.3, -0.25) is 9.59 Å². The highest BCUT2D eigenvalue weighted by Crippen LogP contribution is 2.74. The summed E-state index contributed by atoms with van der Waals surface area (Å²) in [5, 5.41) is 0.621. The van der Waals surface area contributed by atoms with E-state index in [-0.39, 0.29) is 11.6 Å².